The molecule has 1 unspecified atom stereocenters. The van der Waals surface area contributed by atoms with Gasteiger partial charge >= 0.3 is 5.97 Å². The maximum Gasteiger partial charge on any atom is 0.317 e. The van der Waals surface area contributed by atoms with Crippen molar-refractivity contribution in [3.8, 4) is 0 Å². The van der Waals surface area contributed by atoms with Gasteiger partial charge in [0.1, 0.15) is 0 Å². The SMILES string of the molecule is CCCN(CC(=O)O)C(C)C(=O)NCc1ccccc1.Cl. The minimum absolute atomic E-state index is 0. The molecular formula is C15H23ClN2O3. The summed E-state index contributed by atoms with van der Waals surface area (Å²) >= 11 is 0. The van der Waals surface area contributed by atoms with Gasteiger partial charge in [-0.25, -0.2) is 0 Å². The summed E-state index contributed by atoms with van der Waals surface area (Å²) in [6, 6.07) is 9.17. The molecule has 0 heterocycles. The van der Waals surface area contributed by atoms with Crippen LogP contribution in [0.25, 0.3) is 0 Å². The van der Waals surface area contributed by atoms with Crippen LogP contribution in [-0.2, 0) is 16.1 Å². The van der Waals surface area contributed by atoms with Gasteiger partial charge in [0.05, 0.1) is 12.6 Å². The molecule has 0 saturated carbocycles. The van der Waals surface area contributed by atoms with Gasteiger partial charge in [0, 0.05) is 6.54 Å². The van der Waals surface area contributed by atoms with Crippen LogP contribution in [0, 0.1) is 0 Å². The molecule has 5 nitrogen and oxygen atoms in total. The van der Waals surface area contributed by atoms with Crippen molar-refractivity contribution in [3.05, 3.63) is 35.9 Å². The Hall–Kier alpha value is -1.59. The van der Waals surface area contributed by atoms with Gasteiger partial charge in [-0.3, -0.25) is 14.5 Å². The van der Waals surface area contributed by atoms with Crippen molar-refractivity contribution in [2.75, 3.05) is 13.1 Å². The van der Waals surface area contributed by atoms with Gasteiger partial charge < -0.3 is 10.4 Å². The number of hydrogen-bond donors (Lipinski definition) is 2. The Bertz CT molecular complexity index is 440. The molecule has 1 aromatic rings. The second kappa shape index (κ2) is 10.2. The zero-order chi connectivity index (χ0) is 15.0. The summed E-state index contributed by atoms with van der Waals surface area (Å²) in [5, 5.41) is 11.7. The lowest BCUT2D eigenvalue weighted by Crippen LogP contribution is -2.47. The molecule has 6 heteroatoms. The Morgan fingerprint density at radius 2 is 1.90 bits per heavy atom. The first-order chi connectivity index (χ1) is 9.54. The number of carbonyl (C=O) groups excluding carboxylic acids is 1. The van der Waals surface area contributed by atoms with E-state index in [1.165, 1.54) is 0 Å². The maximum atomic E-state index is 12.1. The van der Waals surface area contributed by atoms with Crippen LogP contribution in [0.15, 0.2) is 30.3 Å². The summed E-state index contributed by atoms with van der Waals surface area (Å²) < 4.78 is 0. The smallest absolute Gasteiger partial charge is 0.317 e. The number of benzene rings is 1. The number of carboxylic acids is 1. The average molecular weight is 315 g/mol. The molecule has 118 valence electrons. The van der Waals surface area contributed by atoms with E-state index in [1.807, 2.05) is 37.3 Å². The van der Waals surface area contributed by atoms with Crippen molar-refractivity contribution < 1.29 is 14.7 Å². The Balaban J connectivity index is 0.00000400. The van der Waals surface area contributed by atoms with Crippen LogP contribution in [0.1, 0.15) is 25.8 Å². The minimum Gasteiger partial charge on any atom is -0.480 e. The van der Waals surface area contributed by atoms with E-state index in [0.717, 1.165) is 12.0 Å². The Kier molecular flexibility index (Phi) is 9.41. The number of amides is 1. The lowest BCUT2D eigenvalue weighted by atomic mass is 10.2. The summed E-state index contributed by atoms with van der Waals surface area (Å²) in [4.78, 5) is 24.6. The molecule has 0 aliphatic carbocycles. The van der Waals surface area contributed by atoms with E-state index >= 15 is 0 Å². The third kappa shape index (κ3) is 7.11. The van der Waals surface area contributed by atoms with E-state index < -0.39 is 12.0 Å². The first kappa shape index (κ1) is 19.4. The normalized spacial score (nSPS) is 11.6. The van der Waals surface area contributed by atoms with E-state index in [-0.39, 0.29) is 24.9 Å². The number of nitrogens with zero attached hydrogens (tertiary/aromatic N) is 1. The minimum atomic E-state index is -0.916. The molecule has 0 aromatic heterocycles. The topological polar surface area (TPSA) is 69.6 Å². The van der Waals surface area contributed by atoms with Crippen LogP contribution >= 0.6 is 12.4 Å². The number of hydrogen-bond acceptors (Lipinski definition) is 3. The second-order valence-corrected chi connectivity index (χ2v) is 4.74. The van der Waals surface area contributed by atoms with Crippen LogP contribution in [-0.4, -0.2) is 41.0 Å². The van der Waals surface area contributed by atoms with E-state index in [1.54, 1.807) is 11.8 Å². The number of halogens is 1. The van der Waals surface area contributed by atoms with Gasteiger partial charge in [-0.05, 0) is 25.5 Å². The summed E-state index contributed by atoms with van der Waals surface area (Å²) in [6.45, 7) is 4.62. The molecule has 1 aromatic carbocycles. The van der Waals surface area contributed by atoms with Crippen molar-refractivity contribution in [2.45, 2.75) is 32.9 Å². The van der Waals surface area contributed by atoms with Gasteiger partial charge in [0.25, 0.3) is 0 Å². The van der Waals surface area contributed by atoms with E-state index in [0.29, 0.717) is 13.1 Å². The third-order valence-corrected chi connectivity index (χ3v) is 3.09. The summed E-state index contributed by atoms with van der Waals surface area (Å²) in [7, 11) is 0. The predicted molar refractivity (Wildman–Crippen MR) is 84.5 cm³/mol. The summed E-state index contributed by atoms with van der Waals surface area (Å²) in [5.74, 6) is -1.07. The number of rotatable bonds is 8. The Morgan fingerprint density at radius 3 is 2.43 bits per heavy atom. The van der Waals surface area contributed by atoms with E-state index in [4.69, 9.17) is 5.11 Å². The van der Waals surface area contributed by atoms with Crippen molar-refractivity contribution in [2.24, 2.45) is 0 Å². The number of nitrogens with one attached hydrogen (secondary N) is 1. The largest absolute Gasteiger partial charge is 0.480 e. The average Bonchev–Trinajstić information content (AvgIpc) is 2.44. The van der Waals surface area contributed by atoms with Crippen LogP contribution in [0.5, 0.6) is 0 Å². The van der Waals surface area contributed by atoms with Crippen LogP contribution in [0.3, 0.4) is 0 Å². The molecule has 21 heavy (non-hydrogen) atoms. The van der Waals surface area contributed by atoms with Gasteiger partial charge in [0.2, 0.25) is 5.91 Å². The van der Waals surface area contributed by atoms with Gasteiger partial charge in [-0.1, -0.05) is 37.3 Å². The van der Waals surface area contributed by atoms with E-state index in [9.17, 15) is 9.59 Å². The highest BCUT2D eigenvalue weighted by Gasteiger charge is 2.22. The van der Waals surface area contributed by atoms with Gasteiger partial charge in [-0.2, -0.15) is 0 Å². The lowest BCUT2D eigenvalue weighted by Gasteiger charge is -2.26. The summed E-state index contributed by atoms with van der Waals surface area (Å²) in [5.41, 5.74) is 1.02. The molecule has 0 saturated heterocycles. The fourth-order valence-electron chi connectivity index (χ4n) is 1.97. The van der Waals surface area contributed by atoms with Crippen LogP contribution in [0.4, 0.5) is 0 Å². The molecule has 1 atom stereocenters. The zero-order valence-electron chi connectivity index (χ0n) is 12.4. The number of carboxylic acid groups (broad SMARTS) is 1. The van der Waals surface area contributed by atoms with Crippen LogP contribution in [0.2, 0.25) is 0 Å². The molecule has 0 aliphatic heterocycles. The molecule has 0 fully saturated rings. The van der Waals surface area contributed by atoms with E-state index in [2.05, 4.69) is 5.32 Å². The number of aliphatic carboxylic acids is 1. The number of carbonyl (C=O) groups is 2. The maximum absolute atomic E-state index is 12.1. The van der Waals surface area contributed by atoms with Crippen molar-refractivity contribution in [3.63, 3.8) is 0 Å². The Morgan fingerprint density at radius 1 is 1.29 bits per heavy atom. The van der Waals surface area contributed by atoms with Crippen molar-refractivity contribution >= 4 is 24.3 Å². The molecule has 1 amide bonds. The molecule has 0 spiro atoms. The molecule has 0 aliphatic rings. The van der Waals surface area contributed by atoms with Crippen molar-refractivity contribution in [1.29, 1.82) is 0 Å². The highest BCUT2D eigenvalue weighted by atomic mass is 35.5. The molecule has 2 N–H and O–H groups in total. The lowest BCUT2D eigenvalue weighted by molar-refractivity contribution is -0.139. The third-order valence-electron chi connectivity index (χ3n) is 3.09. The van der Waals surface area contributed by atoms with Gasteiger partial charge in [0.15, 0.2) is 0 Å². The Labute approximate surface area is 131 Å². The predicted octanol–water partition coefficient (Wildman–Crippen LogP) is 1.91. The molecule has 0 bridgehead atoms. The second-order valence-electron chi connectivity index (χ2n) is 4.74. The zero-order valence-corrected chi connectivity index (χ0v) is 13.2. The summed E-state index contributed by atoms with van der Waals surface area (Å²) in [6.07, 6.45) is 0.809. The molecule has 0 radical (unpaired) electrons. The quantitative estimate of drug-likeness (QED) is 0.769. The first-order valence-corrected chi connectivity index (χ1v) is 6.82. The first-order valence-electron chi connectivity index (χ1n) is 6.82. The fraction of sp³-hybridized carbons (Fsp3) is 0.467. The fourth-order valence-corrected chi connectivity index (χ4v) is 1.97. The highest BCUT2D eigenvalue weighted by molar-refractivity contribution is 5.85. The van der Waals surface area contributed by atoms with Gasteiger partial charge in [-0.15, -0.1) is 12.4 Å². The highest BCUT2D eigenvalue weighted by Crippen LogP contribution is 2.03. The standard InChI is InChI=1S/C15H22N2O3.ClH/c1-3-9-17(11-14(18)19)12(2)15(20)16-10-13-7-5-4-6-8-13;/h4-8,12H,3,9-11H2,1-2H3,(H,16,20)(H,18,19);1H. The monoisotopic (exact) mass is 314 g/mol. The molecule has 1 rings (SSSR count). The van der Waals surface area contributed by atoms with Crippen molar-refractivity contribution in [1.82, 2.24) is 10.2 Å². The molecular weight excluding hydrogens is 292 g/mol. The van der Waals surface area contributed by atoms with Crippen LogP contribution < -0.4 is 5.32 Å².